The van der Waals surface area contributed by atoms with Crippen molar-refractivity contribution in [3.05, 3.63) is 43.0 Å². The van der Waals surface area contributed by atoms with E-state index in [1.165, 1.54) is 19.3 Å². The number of nitrogens with zero attached hydrogens (tertiary/aromatic N) is 1. The highest BCUT2D eigenvalue weighted by Gasteiger charge is 2.27. The number of hydrazine groups is 1. The summed E-state index contributed by atoms with van der Waals surface area (Å²) in [6.07, 6.45) is 9.14. The van der Waals surface area contributed by atoms with Gasteiger partial charge in [-0.25, -0.2) is 0 Å². The average Bonchev–Trinajstić information content (AvgIpc) is 2.68. The molecule has 0 aromatic heterocycles. The van der Waals surface area contributed by atoms with Crippen LogP contribution in [0.4, 0.5) is 5.69 Å². The molecule has 144 valence electrons. The van der Waals surface area contributed by atoms with Crippen molar-refractivity contribution in [2.75, 3.05) is 11.6 Å². The Bertz CT molecular complexity index is 543. The number of carbonyl (C=O) groups excluding carboxylic acids is 1. The molecule has 0 bridgehead atoms. The molecule has 0 spiro atoms. The maximum Gasteiger partial charge on any atom is 0.268 e. The van der Waals surface area contributed by atoms with Gasteiger partial charge in [-0.2, -0.15) is 0 Å². The smallest absolute Gasteiger partial charge is 0.268 e. The van der Waals surface area contributed by atoms with Crippen LogP contribution in [0.1, 0.15) is 51.4 Å². The van der Waals surface area contributed by atoms with Crippen LogP contribution in [0.3, 0.4) is 0 Å². The van der Waals surface area contributed by atoms with Gasteiger partial charge in [0.2, 0.25) is 0 Å². The summed E-state index contributed by atoms with van der Waals surface area (Å²) in [5.41, 5.74) is 9.87. The maximum absolute atomic E-state index is 12.5. The number of anilines is 1. The van der Waals surface area contributed by atoms with E-state index in [1.54, 1.807) is 5.01 Å². The number of unbranched alkanes of at least 4 members (excludes halogenated alkanes) is 1. The van der Waals surface area contributed by atoms with Crippen LogP contribution < -0.4 is 16.2 Å². The van der Waals surface area contributed by atoms with E-state index < -0.39 is 18.1 Å². The number of aliphatic hydroxyl groups excluding tert-OH is 1. The van der Waals surface area contributed by atoms with Crippen molar-refractivity contribution >= 4 is 11.6 Å². The van der Waals surface area contributed by atoms with Gasteiger partial charge >= 0.3 is 0 Å². The van der Waals surface area contributed by atoms with E-state index in [0.717, 1.165) is 31.4 Å². The second-order valence-electron chi connectivity index (χ2n) is 7.24. The zero-order valence-electron chi connectivity index (χ0n) is 15.6. The molecule has 1 aromatic rings. The molecule has 5 heteroatoms. The molecule has 1 aromatic carbocycles. The van der Waals surface area contributed by atoms with Crippen molar-refractivity contribution < 1.29 is 9.90 Å². The molecule has 1 aliphatic carbocycles. The largest absolute Gasteiger partial charge is 0.382 e. The fourth-order valence-electron chi connectivity index (χ4n) is 3.58. The average molecular weight is 360 g/mol. The SMILES string of the molecule is C=CCCCN(NC(=O)C(O)[C@H](N)CC1CCCCC1)c1ccccc1. The highest BCUT2D eigenvalue weighted by molar-refractivity contribution is 5.82. The zero-order chi connectivity index (χ0) is 18.8. The van der Waals surface area contributed by atoms with Gasteiger partial charge in [-0.05, 0) is 37.3 Å². The number of hydrogen-bond donors (Lipinski definition) is 3. The van der Waals surface area contributed by atoms with Crippen LogP contribution in [-0.2, 0) is 4.79 Å². The molecule has 2 atom stereocenters. The van der Waals surface area contributed by atoms with Crippen LogP contribution >= 0.6 is 0 Å². The molecule has 1 aliphatic rings. The van der Waals surface area contributed by atoms with E-state index in [4.69, 9.17) is 5.73 Å². The number of aliphatic hydroxyl groups is 1. The topological polar surface area (TPSA) is 78.6 Å². The Hall–Kier alpha value is -1.85. The molecular weight excluding hydrogens is 326 g/mol. The zero-order valence-corrected chi connectivity index (χ0v) is 15.6. The predicted octanol–water partition coefficient (Wildman–Crippen LogP) is 3.15. The Kier molecular flexibility index (Phi) is 8.65. The van der Waals surface area contributed by atoms with Gasteiger partial charge in [0.1, 0.15) is 6.10 Å². The normalized spacial score (nSPS) is 17.3. The lowest BCUT2D eigenvalue weighted by atomic mass is 9.84. The summed E-state index contributed by atoms with van der Waals surface area (Å²) >= 11 is 0. The summed E-state index contributed by atoms with van der Waals surface area (Å²) in [7, 11) is 0. The summed E-state index contributed by atoms with van der Waals surface area (Å²) in [5, 5.41) is 12.2. The van der Waals surface area contributed by atoms with Gasteiger partial charge in [0, 0.05) is 12.6 Å². The molecule has 0 aliphatic heterocycles. The number of para-hydroxylation sites is 1. The van der Waals surface area contributed by atoms with Crippen LogP contribution in [0.15, 0.2) is 43.0 Å². The van der Waals surface area contributed by atoms with Crippen LogP contribution in [0, 0.1) is 5.92 Å². The van der Waals surface area contributed by atoms with Crippen molar-refractivity contribution in [1.29, 1.82) is 0 Å². The standard InChI is InChI=1S/C21H33N3O2/c1-2-3-10-15-24(18-13-8-5-9-14-18)23-21(26)20(25)19(22)16-17-11-6-4-7-12-17/h2,5,8-9,13-14,17,19-20,25H,1,3-4,6-7,10-12,15-16,22H2,(H,23,26)/t19-,20?/m1/s1. The molecule has 2 rings (SSSR count). The van der Waals surface area contributed by atoms with E-state index >= 15 is 0 Å². The van der Waals surface area contributed by atoms with E-state index in [2.05, 4.69) is 12.0 Å². The first-order chi connectivity index (χ1) is 12.6. The minimum Gasteiger partial charge on any atom is -0.382 e. The first-order valence-electron chi connectivity index (χ1n) is 9.79. The molecule has 5 nitrogen and oxygen atoms in total. The fraction of sp³-hybridized carbons (Fsp3) is 0.571. The Morgan fingerprint density at radius 2 is 2.00 bits per heavy atom. The molecule has 1 amide bonds. The molecule has 0 radical (unpaired) electrons. The molecule has 26 heavy (non-hydrogen) atoms. The molecular formula is C21H33N3O2. The molecule has 4 N–H and O–H groups in total. The van der Waals surface area contributed by atoms with Crippen LogP contribution in [0.5, 0.6) is 0 Å². The first kappa shape index (κ1) is 20.5. The molecule has 1 fully saturated rings. The van der Waals surface area contributed by atoms with E-state index in [-0.39, 0.29) is 0 Å². The third kappa shape index (κ3) is 6.46. The van der Waals surface area contributed by atoms with Crippen molar-refractivity contribution in [3.63, 3.8) is 0 Å². The number of hydrogen-bond acceptors (Lipinski definition) is 4. The number of allylic oxidation sites excluding steroid dienone is 1. The van der Waals surface area contributed by atoms with E-state index in [0.29, 0.717) is 18.9 Å². The Labute approximate surface area is 157 Å². The highest BCUT2D eigenvalue weighted by atomic mass is 16.3. The van der Waals surface area contributed by atoms with Gasteiger partial charge < -0.3 is 10.8 Å². The summed E-state index contributed by atoms with van der Waals surface area (Å²) in [5.74, 6) is 0.0924. The number of amides is 1. The quantitative estimate of drug-likeness (QED) is 0.341. The van der Waals surface area contributed by atoms with Crippen LogP contribution in [-0.4, -0.2) is 29.7 Å². The lowest BCUT2D eigenvalue weighted by Crippen LogP contribution is -2.53. The van der Waals surface area contributed by atoms with E-state index in [1.807, 2.05) is 36.4 Å². The third-order valence-electron chi connectivity index (χ3n) is 5.11. The maximum atomic E-state index is 12.5. The van der Waals surface area contributed by atoms with Gasteiger partial charge in [-0.3, -0.25) is 15.2 Å². The molecule has 0 heterocycles. The van der Waals surface area contributed by atoms with Crippen molar-refractivity contribution in [2.45, 2.75) is 63.5 Å². The minimum absolute atomic E-state index is 0.434. The van der Waals surface area contributed by atoms with E-state index in [9.17, 15) is 9.90 Å². The summed E-state index contributed by atoms with van der Waals surface area (Å²) in [6, 6.07) is 9.12. The second kappa shape index (κ2) is 11.0. The second-order valence-corrected chi connectivity index (χ2v) is 7.24. The molecule has 1 saturated carbocycles. The van der Waals surface area contributed by atoms with Gasteiger partial charge in [0.05, 0.1) is 5.69 Å². The van der Waals surface area contributed by atoms with Crippen molar-refractivity contribution in [1.82, 2.24) is 5.43 Å². The Morgan fingerprint density at radius 3 is 2.65 bits per heavy atom. The molecule has 0 saturated heterocycles. The van der Waals surface area contributed by atoms with Crippen LogP contribution in [0.2, 0.25) is 0 Å². The number of nitrogens with two attached hydrogens (primary N) is 1. The number of rotatable bonds is 10. The number of benzene rings is 1. The third-order valence-corrected chi connectivity index (χ3v) is 5.11. The summed E-state index contributed by atoms with van der Waals surface area (Å²) in [4.78, 5) is 12.5. The highest BCUT2D eigenvalue weighted by Crippen LogP contribution is 2.27. The van der Waals surface area contributed by atoms with Gasteiger partial charge in [0.15, 0.2) is 0 Å². The number of carbonyl (C=O) groups is 1. The first-order valence-corrected chi connectivity index (χ1v) is 9.79. The summed E-state index contributed by atoms with van der Waals surface area (Å²) in [6.45, 7) is 4.38. The molecule has 1 unspecified atom stereocenters. The predicted molar refractivity (Wildman–Crippen MR) is 107 cm³/mol. The Morgan fingerprint density at radius 1 is 1.31 bits per heavy atom. The van der Waals surface area contributed by atoms with Gasteiger partial charge in [0.25, 0.3) is 5.91 Å². The lowest BCUT2D eigenvalue weighted by molar-refractivity contribution is -0.130. The van der Waals surface area contributed by atoms with Gasteiger partial charge in [-0.1, -0.05) is 56.4 Å². The van der Waals surface area contributed by atoms with Crippen LogP contribution in [0.25, 0.3) is 0 Å². The summed E-state index contributed by atoms with van der Waals surface area (Å²) < 4.78 is 0. The number of nitrogens with one attached hydrogen (secondary N) is 1. The fourth-order valence-corrected chi connectivity index (χ4v) is 3.58. The van der Waals surface area contributed by atoms with Crippen molar-refractivity contribution in [2.24, 2.45) is 11.7 Å². The Balaban J connectivity index is 1.92. The monoisotopic (exact) mass is 359 g/mol. The lowest BCUT2D eigenvalue weighted by Gasteiger charge is -2.29. The van der Waals surface area contributed by atoms with Crippen molar-refractivity contribution in [3.8, 4) is 0 Å². The minimum atomic E-state index is -1.19. The van der Waals surface area contributed by atoms with Gasteiger partial charge in [-0.15, -0.1) is 6.58 Å².